The molecular weight excluding hydrogens is 252 g/mol. The van der Waals surface area contributed by atoms with Crippen LogP contribution >= 0.6 is 0 Å². The molecule has 20 heavy (non-hydrogen) atoms. The highest BCUT2D eigenvalue weighted by atomic mass is 16.5. The molecule has 1 aromatic carbocycles. The van der Waals surface area contributed by atoms with E-state index in [2.05, 4.69) is 5.32 Å². The zero-order chi connectivity index (χ0) is 14.1. The number of hydrogen-bond donors (Lipinski definition) is 2. The van der Waals surface area contributed by atoms with Gasteiger partial charge < -0.3 is 15.8 Å². The second-order valence-corrected chi connectivity index (χ2v) is 5.88. The number of nitrogens with two attached hydrogens (primary N) is 1. The lowest BCUT2D eigenvalue weighted by molar-refractivity contribution is -0.121. The lowest BCUT2D eigenvalue weighted by Gasteiger charge is -2.27. The fourth-order valence-electron chi connectivity index (χ4n) is 3.75. The summed E-state index contributed by atoms with van der Waals surface area (Å²) in [5.41, 5.74) is 7.01. The second-order valence-electron chi connectivity index (χ2n) is 5.88. The molecular formula is C16H22N2O2. The maximum Gasteiger partial charge on any atom is 0.229 e. The van der Waals surface area contributed by atoms with Gasteiger partial charge in [0.1, 0.15) is 5.75 Å². The molecule has 4 heteroatoms. The molecule has 2 aliphatic carbocycles. The number of anilines is 1. The summed E-state index contributed by atoms with van der Waals surface area (Å²) in [4.78, 5) is 12.4. The number of fused-ring (bicyclic) bond motifs is 2. The Morgan fingerprint density at radius 2 is 2.00 bits per heavy atom. The van der Waals surface area contributed by atoms with Crippen molar-refractivity contribution in [1.82, 2.24) is 0 Å². The van der Waals surface area contributed by atoms with Gasteiger partial charge in [-0.25, -0.2) is 0 Å². The summed E-state index contributed by atoms with van der Waals surface area (Å²) >= 11 is 0. The predicted molar refractivity (Wildman–Crippen MR) is 78.5 cm³/mol. The maximum absolute atomic E-state index is 12.4. The zero-order valence-electron chi connectivity index (χ0n) is 11.8. The van der Waals surface area contributed by atoms with Crippen LogP contribution in [-0.4, -0.2) is 18.6 Å². The number of amides is 1. The smallest absolute Gasteiger partial charge is 0.229 e. The van der Waals surface area contributed by atoms with Gasteiger partial charge in [0.2, 0.25) is 5.91 Å². The van der Waals surface area contributed by atoms with Gasteiger partial charge in [0, 0.05) is 11.7 Å². The van der Waals surface area contributed by atoms with Crippen LogP contribution < -0.4 is 15.8 Å². The first-order valence-corrected chi connectivity index (χ1v) is 7.48. The van der Waals surface area contributed by atoms with Gasteiger partial charge in [-0.05, 0) is 62.3 Å². The zero-order valence-corrected chi connectivity index (χ0v) is 11.8. The van der Waals surface area contributed by atoms with Crippen molar-refractivity contribution in [2.24, 2.45) is 23.5 Å². The minimum absolute atomic E-state index is 0.0136. The molecule has 1 aromatic rings. The molecule has 1 amide bonds. The Labute approximate surface area is 119 Å². The van der Waals surface area contributed by atoms with Crippen LogP contribution in [0.15, 0.2) is 24.3 Å². The van der Waals surface area contributed by atoms with Crippen LogP contribution in [0.4, 0.5) is 5.69 Å². The first kappa shape index (κ1) is 13.4. The van der Waals surface area contributed by atoms with Crippen LogP contribution in [0.3, 0.4) is 0 Å². The van der Waals surface area contributed by atoms with E-state index < -0.39 is 0 Å². The average Bonchev–Trinajstić information content (AvgIpc) is 3.02. The summed E-state index contributed by atoms with van der Waals surface area (Å²) in [7, 11) is 0. The van der Waals surface area contributed by atoms with Crippen molar-refractivity contribution in [2.45, 2.75) is 32.2 Å². The average molecular weight is 274 g/mol. The summed E-state index contributed by atoms with van der Waals surface area (Å²) < 4.78 is 5.39. The van der Waals surface area contributed by atoms with Gasteiger partial charge in [-0.1, -0.05) is 0 Å². The number of rotatable bonds is 4. The van der Waals surface area contributed by atoms with Crippen LogP contribution in [0, 0.1) is 17.8 Å². The van der Waals surface area contributed by atoms with E-state index in [0.717, 1.165) is 24.3 Å². The monoisotopic (exact) mass is 274 g/mol. The summed E-state index contributed by atoms with van der Waals surface area (Å²) in [6, 6.07) is 7.54. The standard InChI is InChI=1S/C16H22N2O2/c1-2-20-13-7-5-12(6-8-13)18-16(19)14-10-3-4-11(9-10)15(14)17/h5-8,10-11,14-15H,2-4,9,17H2,1H3,(H,18,19). The molecule has 0 heterocycles. The summed E-state index contributed by atoms with van der Waals surface area (Å²) in [5.74, 6) is 1.92. The fourth-order valence-corrected chi connectivity index (χ4v) is 3.75. The van der Waals surface area contributed by atoms with Crippen LogP contribution in [0.1, 0.15) is 26.2 Å². The molecule has 3 rings (SSSR count). The van der Waals surface area contributed by atoms with Gasteiger partial charge in [-0.2, -0.15) is 0 Å². The lowest BCUT2D eigenvalue weighted by Crippen LogP contribution is -2.42. The predicted octanol–water partition coefficient (Wildman–Crippen LogP) is 2.40. The molecule has 2 bridgehead atoms. The number of benzene rings is 1. The van der Waals surface area contributed by atoms with E-state index in [9.17, 15) is 4.79 Å². The first-order valence-electron chi connectivity index (χ1n) is 7.48. The number of ether oxygens (including phenoxy) is 1. The minimum Gasteiger partial charge on any atom is -0.494 e. The van der Waals surface area contributed by atoms with Gasteiger partial charge in [-0.15, -0.1) is 0 Å². The first-order chi connectivity index (χ1) is 9.69. The third-order valence-corrected chi connectivity index (χ3v) is 4.72. The van der Waals surface area contributed by atoms with Crippen molar-refractivity contribution in [2.75, 3.05) is 11.9 Å². The van der Waals surface area contributed by atoms with E-state index in [4.69, 9.17) is 10.5 Å². The van der Waals surface area contributed by atoms with Crippen LogP contribution in [-0.2, 0) is 4.79 Å². The Balaban J connectivity index is 1.64. The van der Waals surface area contributed by atoms with E-state index in [1.165, 1.54) is 6.42 Å². The van der Waals surface area contributed by atoms with Gasteiger partial charge >= 0.3 is 0 Å². The number of nitrogens with one attached hydrogen (secondary N) is 1. The molecule has 108 valence electrons. The molecule has 0 radical (unpaired) electrons. The molecule has 4 nitrogen and oxygen atoms in total. The SMILES string of the molecule is CCOc1ccc(NC(=O)C2C3CCC(C3)C2N)cc1. The molecule has 3 N–H and O–H groups in total. The largest absolute Gasteiger partial charge is 0.494 e. The number of hydrogen-bond acceptors (Lipinski definition) is 3. The van der Waals surface area contributed by atoms with E-state index in [0.29, 0.717) is 18.4 Å². The molecule has 4 unspecified atom stereocenters. The summed E-state index contributed by atoms with van der Waals surface area (Å²) in [6.07, 6.45) is 3.47. The fraction of sp³-hybridized carbons (Fsp3) is 0.562. The third-order valence-electron chi connectivity index (χ3n) is 4.72. The van der Waals surface area contributed by atoms with Crippen LogP contribution in [0.5, 0.6) is 5.75 Å². The number of carbonyl (C=O) groups excluding carboxylic acids is 1. The van der Waals surface area contributed by atoms with Gasteiger partial charge in [0.05, 0.1) is 12.5 Å². The van der Waals surface area contributed by atoms with E-state index >= 15 is 0 Å². The highest BCUT2D eigenvalue weighted by molar-refractivity contribution is 5.93. The van der Waals surface area contributed by atoms with Gasteiger partial charge in [0.25, 0.3) is 0 Å². The Morgan fingerprint density at radius 3 is 2.60 bits per heavy atom. The van der Waals surface area contributed by atoms with Crippen LogP contribution in [0.25, 0.3) is 0 Å². The van der Waals surface area contributed by atoms with Gasteiger partial charge in [-0.3, -0.25) is 4.79 Å². The van der Waals surface area contributed by atoms with Crippen molar-refractivity contribution in [3.8, 4) is 5.75 Å². The van der Waals surface area contributed by atoms with Crippen molar-refractivity contribution in [3.05, 3.63) is 24.3 Å². The number of carbonyl (C=O) groups is 1. The molecule has 4 atom stereocenters. The normalized spacial score (nSPS) is 31.3. The van der Waals surface area contributed by atoms with Gasteiger partial charge in [0.15, 0.2) is 0 Å². The molecule has 0 spiro atoms. The Bertz CT molecular complexity index is 484. The Hall–Kier alpha value is -1.55. The van der Waals surface area contributed by atoms with E-state index in [-0.39, 0.29) is 17.9 Å². The molecule has 0 aromatic heterocycles. The Morgan fingerprint density at radius 1 is 1.30 bits per heavy atom. The van der Waals surface area contributed by atoms with Crippen molar-refractivity contribution in [1.29, 1.82) is 0 Å². The lowest BCUT2D eigenvalue weighted by atomic mass is 9.84. The van der Waals surface area contributed by atoms with E-state index in [1.54, 1.807) is 0 Å². The second kappa shape index (κ2) is 5.44. The molecule has 0 aliphatic heterocycles. The van der Waals surface area contributed by atoms with Crippen LogP contribution in [0.2, 0.25) is 0 Å². The summed E-state index contributed by atoms with van der Waals surface area (Å²) in [5, 5.41) is 2.99. The molecule has 2 aliphatic rings. The third kappa shape index (κ3) is 2.40. The van der Waals surface area contributed by atoms with Crippen molar-refractivity contribution >= 4 is 11.6 Å². The molecule has 2 fully saturated rings. The van der Waals surface area contributed by atoms with E-state index in [1.807, 2.05) is 31.2 Å². The molecule has 2 saturated carbocycles. The quantitative estimate of drug-likeness (QED) is 0.886. The Kier molecular flexibility index (Phi) is 3.66. The highest BCUT2D eigenvalue weighted by Crippen LogP contribution is 2.47. The maximum atomic E-state index is 12.4. The highest BCUT2D eigenvalue weighted by Gasteiger charge is 2.49. The van der Waals surface area contributed by atoms with Crippen molar-refractivity contribution in [3.63, 3.8) is 0 Å². The minimum atomic E-state index is -0.0136. The van der Waals surface area contributed by atoms with Crippen molar-refractivity contribution < 1.29 is 9.53 Å². The summed E-state index contributed by atoms with van der Waals surface area (Å²) in [6.45, 7) is 2.60. The molecule has 0 saturated heterocycles. The topological polar surface area (TPSA) is 64.3 Å².